The maximum atomic E-state index is 11.4. The highest BCUT2D eigenvalue weighted by atomic mass is 16.6. The Hall–Kier alpha value is -1.67. The summed E-state index contributed by atoms with van der Waals surface area (Å²) < 4.78 is 20.8. The molecule has 1 rings (SSSR count). The molecule has 0 radical (unpaired) electrons. The first kappa shape index (κ1) is 19.4. The summed E-state index contributed by atoms with van der Waals surface area (Å²) in [7, 11) is 0. The number of ether oxygens (including phenoxy) is 4. The second kappa shape index (κ2) is 14.0. The van der Waals surface area contributed by atoms with Crippen molar-refractivity contribution in [2.45, 2.75) is 6.61 Å². The first-order valence-electron chi connectivity index (χ1n) is 7.71. The van der Waals surface area contributed by atoms with Crippen LogP contribution in [0.3, 0.4) is 0 Å². The van der Waals surface area contributed by atoms with E-state index in [1.807, 2.05) is 30.3 Å². The van der Waals surface area contributed by atoms with Gasteiger partial charge in [-0.2, -0.15) is 0 Å². The van der Waals surface area contributed by atoms with Crippen molar-refractivity contribution in [1.82, 2.24) is 5.32 Å². The van der Waals surface area contributed by atoms with Crippen LogP contribution in [0.5, 0.6) is 0 Å². The quantitative estimate of drug-likeness (QED) is 0.524. The molecule has 0 spiro atoms. The Morgan fingerprint density at radius 3 is 2.17 bits per heavy atom. The molecule has 1 aromatic carbocycles. The number of carbonyl (C=O) groups excluding carboxylic acids is 1. The number of nitrogens with two attached hydrogens (primary N) is 1. The molecule has 0 atom stereocenters. The van der Waals surface area contributed by atoms with Crippen LogP contribution in [0.15, 0.2) is 30.3 Å². The normalized spacial score (nSPS) is 10.5. The lowest BCUT2D eigenvalue weighted by Gasteiger charge is -2.08. The van der Waals surface area contributed by atoms with Gasteiger partial charge in [0, 0.05) is 13.1 Å². The van der Waals surface area contributed by atoms with Crippen molar-refractivity contribution in [3.05, 3.63) is 35.9 Å². The molecule has 1 aromatic rings. The molecule has 0 aromatic heterocycles. The number of benzene rings is 1. The monoisotopic (exact) mass is 326 g/mol. The van der Waals surface area contributed by atoms with Gasteiger partial charge in [-0.15, -0.1) is 0 Å². The van der Waals surface area contributed by atoms with Gasteiger partial charge in [0.25, 0.3) is 0 Å². The van der Waals surface area contributed by atoms with Crippen molar-refractivity contribution in [1.29, 1.82) is 0 Å². The van der Waals surface area contributed by atoms with E-state index in [0.717, 1.165) is 5.56 Å². The minimum atomic E-state index is -0.453. The smallest absolute Gasteiger partial charge is 0.407 e. The van der Waals surface area contributed by atoms with Crippen LogP contribution in [0.2, 0.25) is 0 Å². The van der Waals surface area contributed by atoms with Gasteiger partial charge in [-0.25, -0.2) is 4.79 Å². The molecule has 7 heteroatoms. The van der Waals surface area contributed by atoms with Gasteiger partial charge in [0.1, 0.15) is 6.61 Å². The molecule has 0 bridgehead atoms. The molecule has 0 aliphatic carbocycles. The van der Waals surface area contributed by atoms with Gasteiger partial charge >= 0.3 is 6.09 Å². The summed E-state index contributed by atoms with van der Waals surface area (Å²) in [5.74, 6) is 0. The van der Waals surface area contributed by atoms with Gasteiger partial charge in [-0.3, -0.25) is 0 Å². The van der Waals surface area contributed by atoms with E-state index in [1.165, 1.54) is 0 Å². The van der Waals surface area contributed by atoms with E-state index in [4.69, 9.17) is 24.7 Å². The third kappa shape index (κ3) is 11.5. The number of carbonyl (C=O) groups is 1. The summed E-state index contributed by atoms with van der Waals surface area (Å²) in [5, 5.41) is 2.62. The zero-order chi connectivity index (χ0) is 16.6. The second-order valence-corrected chi connectivity index (χ2v) is 4.61. The first-order valence-corrected chi connectivity index (χ1v) is 7.71. The summed E-state index contributed by atoms with van der Waals surface area (Å²) in [6.45, 7) is 4.14. The Labute approximate surface area is 137 Å². The topological polar surface area (TPSA) is 92.0 Å². The lowest BCUT2D eigenvalue weighted by atomic mass is 10.2. The standard InChI is InChI=1S/C16H26N2O5/c17-6-8-20-10-12-22-13-11-21-9-7-18-16(19)23-14-15-4-2-1-3-5-15/h1-5H,6-14,17H2,(H,18,19). The Morgan fingerprint density at radius 1 is 0.913 bits per heavy atom. The predicted molar refractivity (Wildman–Crippen MR) is 86.1 cm³/mol. The van der Waals surface area contributed by atoms with Gasteiger partial charge in [-0.05, 0) is 5.56 Å². The van der Waals surface area contributed by atoms with Gasteiger partial charge in [0.2, 0.25) is 0 Å². The van der Waals surface area contributed by atoms with Crippen molar-refractivity contribution in [3.63, 3.8) is 0 Å². The molecular formula is C16H26N2O5. The van der Waals surface area contributed by atoms with E-state index >= 15 is 0 Å². The van der Waals surface area contributed by atoms with Gasteiger partial charge < -0.3 is 30.0 Å². The fourth-order valence-electron chi connectivity index (χ4n) is 1.62. The minimum Gasteiger partial charge on any atom is -0.445 e. The third-order valence-electron chi connectivity index (χ3n) is 2.73. The Bertz CT molecular complexity index is 403. The molecule has 0 heterocycles. The summed E-state index contributed by atoms with van der Waals surface area (Å²) in [6.07, 6.45) is -0.453. The lowest BCUT2D eigenvalue weighted by Crippen LogP contribution is -2.28. The fraction of sp³-hybridized carbons (Fsp3) is 0.562. The minimum absolute atomic E-state index is 0.258. The number of hydrogen-bond donors (Lipinski definition) is 2. The van der Waals surface area contributed by atoms with Gasteiger partial charge in [0.05, 0.1) is 39.6 Å². The highest BCUT2D eigenvalue weighted by Crippen LogP contribution is 2.00. The molecule has 0 fully saturated rings. The SMILES string of the molecule is NCCOCCOCCOCCNC(=O)OCc1ccccc1. The molecule has 130 valence electrons. The van der Waals surface area contributed by atoms with Crippen LogP contribution in [0.4, 0.5) is 4.79 Å². The van der Waals surface area contributed by atoms with E-state index in [9.17, 15) is 4.79 Å². The Morgan fingerprint density at radius 2 is 1.52 bits per heavy atom. The van der Waals surface area contributed by atoms with E-state index < -0.39 is 6.09 Å². The number of rotatable bonds is 13. The molecule has 1 amide bonds. The highest BCUT2D eigenvalue weighted by molar-refractivity contribution is 5.67. The van der Waals surface area contributed by atoms with Crippen LogP contribution < -0.4 is 11.1 Å². The maximum Gasteiger partial charge on any atom is 0.407 e. The average molecular weight is 326 g/mol. The van der Waals surface area contributed by atoms with Crippen molar-refractivity contribution in [2.75, 3.05) is 52.7 Å². The Kier molecular flexibility index (Phi) is 11.8. The summed E-state index contributed by atoms with van der Waals surface area (Å²) in [6, 6.07) is 9.51. The van der Waals surface area contributed by atoms with Crippen LogP contribution in [0, 0.1) is 0 Å². The van der Waals surface area contributed by atoms with Crippen molar-refractivity contribution in [3.8, 4) is 0 Å². The van der Waals surface area contributed by atoms with E-state index in [-0.39, 0.29) is 6.61 Å². The third-order valence-corrected chi connectivity index (χ3v) is 2.73. The zero-order valence-electron chi connectivity index (χ0n) is 13.4. The van der Waals surface area contributed by atoms with Crippen molar-refractivity contribution >= 4 is 6.09 Å². The molecule has 0 aliphatic rings. The van der Waals surface area contributed by atoms with Crippen LogP contribution in [-0.4, -0.2) is 58.8 Å². The summed E-state index contributed by atoms with van der Waals surface area (Å²) >= 11 is 0. The molecule has 3 N–H and O–H groups in total. The van der Waals surface area contributed by atoms with Crippen molar-refractivity contribution in [2.24, 2.45) is 5.73 Å². The lowest BCUT2D eigenvalue weighted by molar-refractivity contribution is 0.0164. The predicted octanol–water partition coefficient (Wildman–Crippen LogP) is 0.921. The van der Waals surface area contributed by atoms with E-state index in [2.05, 4.69) is 5.32 Å². The number of hydrogen-bond acceptors (Lipinski definition) is 6. The van der Waals surface area contributed by atoms with Crippen molar-refractivity contribution < 1.29 is 23.7 Å². The highest BCUT2D eigenvalue weighted by Gasteiger charge is 2.01. The number of amides is 1. The molecule has 0 saturated carbocycles. The second-order valence-electron chi connectivity index (χ2n) is 4.61. The number of alkyl carbamates (subject to hydrolysis) is 1. The van der Waals surface area contributed by atoms with Crippen LogP contribution in [0.25, 0.3) is 0 Å². The molecule has 0 aliphatic heterocycles. The maximum absolute atomic E-state index is 11.4. The molecule has 7 nitrogen and oxygen atoms in total. The van der Waals surface area contributed by atoms with Crippen LogP contribution in [0.1, 0.15) is 5.56 Å². The van der Waals surface area contributed by atoms with E-state index in [0.29, 0.717) is 52.7 Å². The van der Waals surface area contributed by atoms with E-state index in [1.54, 1.807) is 0 Å². The molecule has 23 heavy (non-hydrogen) atoms. The number of nitrogens with one attached hydrogen (secondary N) is 1. The summed E-state index contributed by atoms with van der Waals surface area (Å²) in [5.41, 5.74) is 6.23. The fourth-order valence-corrected chi connectivity index (χ4v) is 1.62. The summed E-state index contributed by atoms with van der Waals surface area (Å²) in [4.78, 5) is 11.4. The largest absolute Gasteiger partial charge is 0.445 e. The molecule has 0 saturated heterocycles. The van der Waals surface area contributed by atoms with Gasteiger partial charge in [0.15, 0.2) is 0 Å². The molecule has 0 unspecified atom stereocenters. The Balaban J connectivity index is 1.84. The average Bonchev–Trinajstić information content (AvgIpc) is 2.59. The van der Waals surface area contributed by atoms with Crippen LogP contribution >= 0.6 is 0 Å². The van der Waals surface area contributed by atoms with Gasteiger partial charge in [-0.1, -0.05) is 30.3 Å². The zero-order valence-corrected chi connectivity index (χ0v) is 13.4. The molecular weight excluding hydrogens is 300 g/mol. The first-order chi connectivity index (χ1) is 11.3. The van der Waals surface area contributed by atoms with Crippen LogP contribution in [-0.2, 0) is 25.6 Å².